The van der Waals surface area contributed by atoms with Gasteiger partial charge in [-0.25, -0.2) is 17.1 Å². The van der Waals surface area contributed by atoms with Gasteiger partial charge in [-0.1, -0.05) is 43.3 Å². The average molecular weight is 443 g/mol. The van der Waals surface area contributed by atoms with Crippen LogP contribution in [0.1, 0.15) is 52.6 Å². The lowest BCUT2D eigenvalue weighted by Gasteiger charge is -2.20. The minimum atomic E-state index is -3.88. The molecule has 0 aliphatic rings. The molecule has 0 spiro atoms. The van der Waals surface area contributed by atoms with Crippen molar-refractivity contribution in [3.63, 3.8) is 0 Å². The summed E-state index contributed by atoms with van der Waals surface area (Å²) in [4.78, 5) is 27.6. The van der Waals surface area contributed by atoms with E-state index in [2.05, 4.69) is 4.98 Å². The largest absolute Gasteiger partial charge is 0.355 e. The molecule has 1 amide bonds. The summed E-state index contributed by atoms with van der Waals surface area (Å²) in [5.74, 6) is -1.97. The first-order valence-electron chi connectivity index (χ1n) is 9.60. The van der Waals surface area contributed by atoms with E-state index in [0.29, 0.717) is 26.8 Å². The lowest BCUT2D eigenvalue weighted by atomic mass is 9.96. The fourth-order valence-corrected chi connectivity index (χ4v) is 4.52. The lowest BCUT2D eigenvalue weighted by molar-refractivity contribution is -0.115. The number of halogens is 1. The monoisotopic (exact) mass is 442 g/mol. The van der Waals surface area contributed by atoms with Gasteiger partial charge in [0, 0.05) is 24.1 Å². The van der Waals surface area contributed by atoms with Crippen LogP contribution in [0.4, 0.5) is 10.1 Å². The van der Waals surface area contributed by atoms with E-state index in [-0.39, 0.29) is 11.5 Å². The van der Waals surface area contributed by atoms with Crippen LogP contribution in [0.5, 0.6) is 0 Å². The van der Waals surface area contributed by atoms with Gasteiger partial charge in [0.1, 0.15) is 5.82 Å². The smallest absolute Gasteiger partial charge is 0.238 e. The van der Waals surface area contributed by atoms with Crippen molar-refractivity contribution in [2.45, 2.75) is 26.7 Å². The predicted molar refractivity (Wildman–Crippen MR) is 117 cm³/mol. The van der Waals surface area contributed by atoms with Crippen LogP contribution in [0.2, 0.25) is 0 Å². The highest BCUT2D eigenvalue weighted by Gasteiger charge is 2.25. The minimum absolute atomic E-state index is 0.0638. The van der Waals surface area contributed by atoms with Crippen molar-refractivity contribution < 1.29 is 22.4 Å². The molecule has 0 aliphatic carbocycles. The number of amides is 1. The van der Waals surface area contributed by atoms with Gasteiger partial charge in [0.05, 0.1) is 17.6 Å². The van der Waals surface area contributed by atoms with Crippen LogP contribution in [0.25, 0.3) is 0 Å². The highest BCUT2D eigenvalue weighted by Crippen LogP contribution is 2.31. The number of hydrogen-bond acceptors (Lipinski definition) is 4. The quantitative estimate of drug-likeness (QED) is 0.581. The molecular formula is C23H23FN2O4S. The number of aryl methyl sites for hydroxylation is 1. The molecule has 1 unspecified atom stereocenters. The van der Waals surface area contributed by atoms with Crippen molar-refractivity contribution in [2.75, 3.05) is 10.6 Å². The van der Waals surface area contributed by atoms with Gasteiger partial charge in [-0.2, -0.15) is 0 Å². The number of ketones is 1. The molecule has 6 nitrogen and oxygen atoms in total. The van der Waals surface area contributed by atoms with Crippen LogP contribution < -0.4 is 4.31 Å². The zero-order chi connectivity index (χ0) is 22.9. The van der Waals surface area contributed by atoms with Crippen molar-refractivity contribution in [3.8, 4) is 0 Å². The second-order valence-corrected chi connectivity index (χ2v) is 9.28. The van der Waals surface area contributed by atoms with Gasteiger partial charge >= 0.3 is 0 Å². The molecule has 0 saturated heterocycles. The maximum Gasteiger partial charge on any atom is 0.238 e. The van der Waals surface area contributed by atoms with E-state index in [1.54, 1.807) is 44.2 Å². The SMILES string of the molecule is CC(=O)N(c1ccc(C(C)c2cc(C)c(C(=O)c3ccccc3)[nH]2)c(F)c1)S(C)(=O)=O. The molecule has 8 heteroatoms. The zero-order valence-corrected chi connectivity index (χ0v) is 18.5. The molecule has 0 radical (unpaired) electrons. The van der Waals surface area contributed by atoms with E-state index in [4.69, 9.17) is 0 Å². The van der Waals surface area contributed by atoms with Crippen LogP contribution in [-0.2, 0) is 14.8 Å². The number of rotatable bonds is 6. The van der Waals surface area contributed by atoms with E-state index < -0.39 is 27.7 Å². The molecule has 0 aliphatic heterocycles. The number of nitrogens with one attached hydrogen (secondary N) is 1. The van der Waals surface area contributed by atoms with E-state index in [0.717, 1.165) is 24.8 Å². The Balaban J connectivity index is 1.95. The second kappa shape index (κ2) is 8.47. The van der Waals surface area contributed by atoms with Gasteiger partial charge < -0.3 is 4.98 Å². The molecule has 1 aromatic heterocycles. The van der Waals surface area contributed by atoms with E-state index in [9.17, 15) is 22.4 Å². The summed E-state index contributed by atoms with van der Waals surface area (Å²) in [5.41, 5.74) is 2.62. The number of benzene rings is 2. The standard InChI is InChI=1S/C23H23FN2O4S/c1-14-12-21(25-22(14)23(28)17-8-6-5-7-9-17)15(2)19-11-10-18(13-20(19)24)26(16(3)27)31(4,29)30/h5-13,15,25H,1-4H3. The molecule has 0 bridgehead atoms. The zero-order valence-electron chi connectivity index (χ0n) is 17.6. The summed E-state index contributed by atoms with van der Waals surface area (Å²) in [7, 11) is -3.88. The molecule has 162 valence electrons. The minimum Gasteiger partial charge on any atom is -0.355 e. The molecule has 0 fully saturated rings. The summed E-state index contributed by atoms with van der Waals surface area (Å²) < 4.78 is 39.3. The van der Waals surface area contributed by atoms with Crippen LogP contribution >= 0.6 is 0 Å². The summed E-state index contributed by atoms with van der Waals surface area (Å²) in [6.45, 7) is 4.68. The van der Waals surface area contributed by atoms with Crippen LogP contribution in [0, 0.1) is 12.7 Å². The molecule has 2 aromatic carbocycles. The van der Waals surface area contributed by atoms with E-state index >= 15 is 0 Å². The molecule has 1 atom stereocenters. The van der Waals surface area contributed by atoms with Crippen molar-refractivity contribution in [3.05, 3.63) is 88.5 Å². The molecule has 31 heavy (non-hydrogen) atoms. The Morgan fingerprint density at radius 1 is 1.06 bits per heavy atom. The van der Waals surface area contributed by atoms with Crippen LogP contribution in [0.3, 0.4) is 0 Å². The number of carbonyl (C=O) groups is 2. The Bertz CT molecular complexity index is 1250. The molecule has 3 rings (SSSR count). The summed E-state index contributed by atoms with van der Waals surface area (Å²) in [5, 5.41) is 0. The van der Waals surface area contributed by atoms with E-state index in [1.165, 1.54) is 12.1 Å². The molecule has 1 N–H and O–H groups in total. The normalized spacial score (nSPS) is 12.4. The third-order valence-electron chi connectivity index (χ3n) is 5.07. The Hall–Kier alpha value is -3.26. The third kappa shape index (κ3) is 4.59. The molecule has 3 aromatic rings. The number of carbonyl (C=O) groups excluding carboxylic acids is 2. The summed E-state index contributed by atoms with van der Waals surface area (Å²) in [6, 6.07) is 14.5. The van der Waals surface area contributed by atoms with Crippen LogP contribution in [0.15, 0.2) is 54.6 Å². The first-order valence-corrected chi connectivity index (χ1v) is 11.4. The first kappa shape index (κ1) is 22.4. The van der Waals surface area contributed by atoms with Gasteiger partial charge in [0.2, 0.25) is 21.7 Å². The Kier molecular flexibility index (Phi) is 6.13. The summed E-state index contributed by atoms with van der Waals surface area (Å²) >= 11 is 0. The number of sulfonamides is 1. The predicted octanol–water partition coefficient (Wildman–Crippen LogP) is 4.16. The Labute approximate surface area is 180 Å². The number of anilines is 1. The van der Waals surface area contributed by atoms with Gasteiger partial charge in [-0.05, 0) is 36.2 Å². The number of nitrogens with zero attached hydrogens (tertiary/aromatic N) is 1. The lowest BCUT2D eigenvalue weighted by Crippen LogP contribution is -2.34. The molecule has 0 saturated carbocycles. The maximum absolute atomic E-state index is 14.9. The first-order chi connectivity index (χ1) is 14.5. The van der Waals surface area contributed by atoms with Crippen molar-refractivity contribution >= 4 is 27.4 Å². The van der Waals surface area contributed by atoms with Gasteiger partial charge in [-0.3, -0.25) is 9.59 Å². The highest BCUT2D eigenvalue weighted by atomic mass is 32.2. The van der Waals surface area contributed by atoms with Crippen LogP contribution in [-0.4, -0.2) is 31.3 Å². The van der Waals surface area contributed by atoms with Crippen molar-refractivity contribution in [1.29, 1.82) is 0 Å². The number of aromatic amines is 1. The van der Waals surface area contributed by atoms with Gasteiger partial charge in [0.25, 0.3) is 0 Å². The average Bonchev–Trinajstić information content (AvgIpc) is 3.08. The highest BCUT2D eigenvalue weighted by molar-refractivity contribution is 7.92. The third-order valence-corrected chi connectivity index (χ3v) is 6.20. The Morgan fingerprint density at radius 2 is 1.71 bits per heavy atom. The topological polar surface area (TPSA) is 87.3 Å². The maximum atomic E-state index is 14.9. The number of H-pyrrole nitrogens is 1. The number of aromatic nitrogens is 1. The molecular weight excluding hydrogens is 419 g/mol. The second-order valence-electron chi connectivity index (χ2n) is 7.45. The van der Waals surface area contributed by atoms with Gasteiger partial charge in [0.15, 0.2) is 0 Å². The van der Waals surface area contributed by atoms with Gasteiger partial charge in [-0.15, -0.1) is 0 Å². The summed E-state index contributed by atoms with van der Waals surface area (Å²) in [6.07, 6.45) is 0.885. The fourth-order valence-electron chi connectivity index (χ4n) is 3.56. The fraction of sp³-hybridized carbons (Fsp3) is 0.217. The van der Waals surface area contributed by atoms with E-state index in [1.807, 2.05) is 6.07 Å². The number of hydrogen-bond donors (Lipinski definition) is 1. The molecule has 1 heterocycles. The Morgan fingerprint density at radius 3 is 2.26 bits per heavy atom. The van der Waals surface area contributed by atoms with Crippen molar-refractivity contribution in [1.82, 2.24) is 4.98 Å². The van der Waals surface area contributed by atoms with Crippen molar-refractivity contribution in [2.24, 2.45) is 0 Å².